The molecule has 0 bridgehead atoms. The van der Waals surface area contributed by atoms with Gasteiger partial charge in [-0.3, -0.25) is 0 Å². The zero-order valence-corrected chi connectivity index (χ0v) is 15.5. The van der Waals surface area contributed by atoms with Crippen LogP contribution in [0.5, 0.6) is 0 Å². The molecule has 3 heterocycles. The largest absolute Gasteiger partial charge is 0.369 e. The molecule has 0 unspecified atom stereocenters. The molecule has 1 aliphatic heterocycles. The predicted molar refractivity (Wildman–Crippen MR) is 106 cm³/mol. The van der Waals surface area contributed by atoms with Crippen LogP contribution in [0.25, 0.3) is 0 Å². The van der Waals surface area contributed by atoms with Crippen molar-refractivity contribution in [3.8, 4) is 0 Å². The highest BCUT2D eigenvalue weighted by molar-refractivity contribution is 5.63. The summed E-state index contributed by atoms with van der Waals surface area (Å²) in [6.45, 7) is 6.16. The second-order valence-electron chi connectivity index (χ2n) is 6.70. The first-order chi connectivity index (χ1) is 13.2. The molecule has 0 amide bonds. The van der Waals surface area contributed by atoms with Crippen molar-refractivity contribution in [3.63, 3.8) is 0 Å². The Kier molecular flexibility index (Phi) is 4.88. The number of hydrogen-bond donors (Lipinski definition) is 2. The van der Waals surface area contributed by atoms with E-state index in [1.807, 2.05) is 19.1 Å². The molecule has 140 valence electrons. The Morgan fingerprint density at radius 3 is 2.26 bits per heavy atom. The first-order valence-electron chi connectivity index (χ1n) is 8.99. The van der Waals surface area contributed by atoms with E-state index in [1.54, 1.807) is 0 Å². The van der Waals surface area contributed by atoms with Crippen LogP contribution in [-0.4, -0.2) is 53.3 Å². The quantitative estimate of drug-likeness (QED) is 0.714. The van der Waals surface area contributed by atoms with E-state index in [0.29, 0.717) is 17.5 Å². The zero-order chi connectivity index (χ0) is 18.6. The van der Waals surface area contributed by atoms with Crippen LogP contribution < -0.4 is 15.5 Å². The molecule has 1 fully saturated rings. The Hall–Kier alpha value is -3.13. The van der Waals surface area contributed by atoms with Gasteiger partial charge in [-0.2, -0.15) is 0 Å². The molecule has 2 aromatic heterocycles. The lowest BCUT2D eigenvalue weighted by Crippen LogP contribution is -2.44. The Labute approximate surface area is 158 Å². The molecule has 3 aromatic rings. The normalized spacial score (nSPS) is 15.0. The molecule has 8 nitrogen and oxygen atoms in total. The summed E-state index contributed by atoms with van der Waals surface area (Å²) in [5.41, 5.74) is 2.23. The third-order valence-corrected chi connectivity index (χ3v) is 4.56. The van der Waals surface area contributed by atoms with E-state index in [9.17, 15) is 0 Å². The minimum atomic E-state index is 0.619. The summed E-state index contributed by atoms with van der Waals surface area (Å²) in [7, 11) is 2.17. The fraction of sp³-hybridized carbons (Fsp3) is 0.316. The Morgan fingerprint density at radius 2 is 1.59 bits per heavy atom. The fourth-order valence-corrected chi connectivity index (χ4v) is 3.02. The van der Waals surface area contributed by atoms with Crippen LogP contribution >= 0.6 is 0 Å². The fourth-order valence-electron chi connectivity index (χ4n) is 3.02. The average molecular weight is 365 g/mol. The zero-order valence-electron chi connectivity index (χ0n) is 15.5. The second-order valence-corrected chi connectivity index (χ2v) is 6.70. The number of rotatable bonds is 5. The SMILES string of the molecule is Cc1cc(Nc2cc(Nc3ccc(N4CCN(C)CC4)cc3)ncn2)no1. The molecule has 4 rings (SSSR count). The Balaban J connectivity index is 1.41. The van der Waals surface area contributed by atoms with Crippen LogP contribution in [0.4, 0.5) is 28.8 Å². The van der Waals surface area contributed by atoms with Crippen molar-refractivity contribution in [2.45, 2.75) is 6.92 Å². The smallest absolute Gasteiger partial charge is 0.175 e. The molecule has 0 saturated carbocycles. The van der Waals surface area contributed by atoms with Crippen LogP contribution in [0.15, 0.2) is 47.2 Å². The van der Waals surface area contributed by atoms with E-state index in [4.69, 9.17) is 4.52 Å². The van der Waals surface area contributed by atoms with E-state index >= 15 is 0 Å². The van der Waals surface area contributed by atoms with Crippen LogP contribution in [0.1, 0.15) is 5.76 Å². The lowest BCUT2D eigenvalue weighted by Gasteiger charge is -2.34. The van der Waals surface area contributed by atoms with Crippen molar-refractivity contribution < 1.29 is 4.52 Å². The van der Waals surface area contributed by atoms with Crippen LogP contribution in [0.2, 0.25) is 0 Å². The van der Waals surface area contributed by atoms with E-state index in [0.717, 1.165) is 37.6 Å². The number of likely N-dealkylation sites (N-methyl/N-ethyl adjacent to an activating group) is 1. The van der Waals surface area contributed by atoms with Gasteiger partial charge in [0.05, 0.1) is 0 Å². The Morgan fingerprint density at radius 1 is 0.889 bits per heavy atom. The molecule has 0 aliphatic carbocycles. The van der Waals surface area contributed by atoms with Gasteiger partial charge in [0.25, 0.3) is 0 Å². The number of hydrogen-bond acceptors (Lipinski definition) is 8. The van der Waals surface area contributed by atoms with Crippen molar-refractivity contribution >= 4 is 28.8 Å². The monoisotopic (exact) mass is 365 g/mol. The van der Waals surface area contributed by atoms with Crippen LogP contribution in [0.3, 0.4) is 0 Å². The Bertz CT molecular complexity index is 885. The number of aromatic nitrogens is 3. The maximum Gasteiger partial charge on any atom is 0.175 e. The average Bonchev–Trinajstić information content (AvgIpc) is 3.08. The van der Waals surface area contributed by atoms with Crippen LogP contribution in [0, 0.1) is 6.92 Å². The molecule has 1 saturated heterocycles. The summed E-state index contributed by atoms with van der Waals surface area (Å²) in [4.78, 5) is 13.3. The molecule has 1 aromatic carbocycles. The number of nitrogens with zero attached hydrogens (tertiary/aromatic N) is 5. The van der Waals surface area contributed by atoms with E-state index in [1.165, 1.54) is 12.0 Å². The summed E-state index contributed by atoms with van der Waals surface area (Å²) >= 11 is 0. The first-order valence-corrected chi connectivity index (χ1v) is 8.99. The minimum absolute atomic E-state index is 0.619. The van der Waals surface area contributed by atoms with Gasteiger partial charge < -0.3 is 25.0 Å². The van der Waals surface area contributed by atoms with Gasteiger partial charge in [-0.05, 0) is 38.2 Å². The van der Waals surface area contributed by atoms with Crippen molar-refractivity contribution in [3.05, 3.63) is 48.5 Å². The maximum absolute atomic E-state index is 5.05. The number of aryl methyl sites for hydroxylation is 1. The summed E-state index contributed by atoms with van der Waals surface area (Å²) in [5.74, 6) is 2.72. The van der Waals surface area contributed by atoms with Gasteiger partial charge in [0.2, 0.25) is 0 Å². The summed E-state index contributed by atoms with van der Waals surface area (Å²) in [6.07, 6.45) is 1.51. The van der Waals surface area contributed by atoms with E-state index in [2.05, 4.69) is 66.9 Å². The highest BCUT2D eigenvalue weighted by atomic mass is 16.5. The maximum atomic E-state index is 5.05. The highest BCUT2D eigenvalue weighted by Crippen LogP contribution is 2.22. The van der Waals surface area contributed by atoms with Gasteiger partial charge in [0, 0.05) is 49.7 Å². The summed E-state index contributed by atoms with van der Waals surface area (Å²) in [5, 5.41) is 10.3. The third kappa shape index (κ3) is 4.35. The van der Waals surface area contributed by atoms with Crippen molar-refractivity contribution in [2.75, 3.05) is 48.8 Å². The molecule has 8 heteroatoms. The molecule has 0 radical (unpaired) electrons. The van der Waals surface area contributed by atoms with Gasteiger partial charge in [-0.25, -0.2) is 9.97 Å². The molecule has 0 atom stereocenters. The molecule has 1 aliphatic rings. The predicted octanol–water partition coefficient (Wildman–Crippen LogP) is 3.01. The van der Waals surface area contributed by atoms with Crippen molar-refractivity contribution in [1.82, 2.24) is 20.0 Å². The number of anilines is 5. The summed E-state index contributed by atoms with van der Waals surface area (Å²) in [6, 6.07) is 12.1. The number of piperazine rings is 1. The lowest BCUT2D eigenvalue weighted by atomic mass is 10.2. The standard InChI is InChI=1S/C19H23N7O/c1-14-11-19(24-27-14)23-18-12-17(20-13-21-18)22-15-3-5-16(6-4-15)26-9-7-25(2)8-10-26/h3-6,11-13H,7-10H2,1-2H3,(H2,20,21,22,23,24). The van der Waals surface area contributed by atoms with Gasteiger partial charge in [0.15, 0.2) is 5.82 Å². The highest BCUT2D eigenvalue weighted by Gasteiger charge is 2.14. The van der Waals surface area contributed by atoms with Crippen molar-refractivity contribution in [1.29, 1.82) is 0 Å². The molecular weight excluding hydrogens is 342 g/mol. The lowest BCUT2D eigenvalue weighted by molar-refractivity contribution is 0.313. The first kappa shape index (κ1) is 17.3. The number of nitrogens with one attached hydrogen (secondary N) is 2. The number of benzene rings is 1. The van der Waals surface area contributed by atoms with Gasteiger partial charge in [0.1, 0.15) is 23.7 Å². The van der Waals surface area contributed by atoms with Gasteiger partial charge in [-0.1, -0.05) is 5.16 Å². The summed E-state index contributed by atoms with van der Waals surface area (Å²) < 4.78 is 5.05. The molecule has 27 heavy (non-hydrogen) atoms. The molecular formula is C19H23N7O. The molecule has 0 spiro atoms. The van der Waals surface area contributed by atoms with E-state index in [-0.39, 0.29) is 0 Å². The minimum Gasteiger partial charge on any atom is -0.369 e. The van der Waals surface area contributed by atoms with Crippen LogP contribution in [-0.2, 0) is 0 Å². The topological polar surface area (TPSA) is 82.4 Å². The third-order valence-electron chi connectivity index (χ3n) is 4.56. The second kappa shape index (κ2) is 7.63. The van der Waals surface area contributed by atoms with Gasteiger partial charge in [-0.15, -0.1) is 0 Å². The van der Waals surface area contributed by atoms with Crippen molar-refractivity contribution in [2.24, 2.45) is 0 Å². The van der Waals surface area contributed by atoms with E-state index < -0.39 is 0 Å². The molecule has 2 N–H and O–H groups in total. The van der Waals surface area contributed by atoms with Gasteiger partial charge >= 0.3 is 0 Å².